The van der Waals surface area contributed by atoms with Crippen LogP contribution in [0.4, 0.5) is 0 Å². The zero-order valence-electron chi connectivity index (χ0n) is 8.44. The molecule has 2 rings (SSSR count). The second-order valence-electron chi connectivity index (χ2n) is 3.55. The molecule has 0 saturated heterocycles. The van der Waals surface area contributed by atoms with Crippen molar-refractivity contribution in [1.82, 2.24) is 4.98 Å². The first-order valence-electron chi connectivity index (χ1n) is 5.04. The van der Waals surface area contributed by atoms with Crippen LogP contribution >= 0.6 is 0 Å². The Bertz CT molecular complexity index is 477. The van der Waals surface area contributed by atoms with E-state index in [1.54, 1.807) is 12.3 Å². The average molecular weight is 199 g/mol. The van der Waals surface area contributed by atoms with E-state index in [4.69, 9.17) is 0 Å². The molecule has 76 valence electrons. The van der Waals surface area contributed by atoms with E-state index < -0.39 is 0 Å². The lowest BCUT2D eigenvalue weighted by atomic mass is 10.1. The third-order valence-electron chi connectivity index (χ3n) is 2.30. The van der Waals surface area contributed by atoms with Gasteiger partial charge < -0.3 is 4.98 Å². The van der Waals surface area contributed by atoms with Crippen LogP contribution in [-0.2, 0) is 6.42 Å². The molecule has 0 amide bonds. The molecular formula is C13H13NO. The van der Waals surface area contributed by atoms with Gasteiger partial charge in [-0.3, -0.25) is 4.79 Å². The fourth-order valence-electron chi connectivity index (χ4n) is 1.58. The van der Waals surface area contributed by atoms with Crippen molar-refractivity contribution in [2.45, 2.75) is 12.8 Å². The Morgan fingerprint density at radius 1 is 1.33 bits per heavy atom. The van der Waals surface area contributed by atoms with E-state index in [0.717, 1.165) is 18.4 Å². The molecule has 0 radical (unpaired) electrons. The number of hydrogen-bond donors (Lipinski definition) is 1. The van der Waals surface area contributed by atoms with Crippen LogP contribution in [0.25, 0.3) is 0 Å². The van der Waals surface area contributed by atoms with Crippen LogP contribution in [0.5, 0.6) is 0 Å². The molecule has 0 atom stereocenters. The first-order valence-corrected chi connectivity index (χ1v) is 5.04. The van der Waals surface area contributed by atoms with Crippen LogP contribution in [-0.4, -0.2) is 4.98 Å². The summed E-state index contributed by atoms with van der Waals surface area (Å²) < 4.78 is 0. The molecule has 2 heteroatoms. The SMILES string of the molecule is O=c1cc(CC2=CC=CCC=C2)cc[nH]1. The van der Waals surface area contributed by atoms with Gasteiger partial charge in [0.05, 0.1) is 0 Å². The Morgan fingerprint density at radius 2 is 2.27 bits per heavy atom. The molecule has 1 aromatic rings. The third kappa shape index (κ3) is 2.81. The summed E-state index contributed by atoms with van der Waals surface area (Å²) in [6, 6.07) is 3.58. The summed E-state index contributed by atoms with van der Waals surface area (Å²) in [6.07, 6.45) is 14.0. The van der Waals surface area contributed by atoms with E-state index in [1.165, 1.54) is 5.57 Å². The maximum atomic E-state index is 11.1. The molecule has 0 unspecified atom stereocenters. The van der Waals surface area contributed by atoms with Gasteiger partial charge in [0.25, 0.3) is 0 Å². The second-order valence-corrected chi connectivity index (χ2v) is 3.55. The first kappa shape index (κ1) is 9.71. The lowest BCUT2D eigenvalue weighted by Crippen LogP contribution is -2.04. The number of H-pyrrole nitrogens is 1. The highest BCUT2D eigenvalue weighted by molar-refractivity contribution is 5.32. The van der Waals surface area contributed by atoms with Crippen LogP contribution < -0.4 is 5.56 Å². The summed E-state index contributed by atoms with van der Waals surface area (Å²) in [4.78, 5) is 13.7. The Balaban J connectivity index is 2.18. The highest BCUT2D eigenvalue weighted by Gasteiger charge is 1.97. The third-order valence-corrected chi connectivity index (χ3v) is 2.30. The van der Waals surface area contributed by atoms with Crippen molar-refractivity contribution >= 4 is 0 Å². The lowest BCUT2D eigenvalue weighted by Gasteiger charge is -2.00. The summed E-state index contributed by atoms with van der Waals surface area (Å²) in [5.74, 6) is 0. The van der Waals surface area contributed by atoms with Crippen molar-refractivity contribution in [3.05, 3.63) is 70.2 Å². The number of hydrogen-bond acceptors (Lipinski definition) is 1. The molecule has 1 aliphatic carbocycles. The molecule has 0 aliphatic heterocycles. The van der Waals surface area contributed by atoms with Gasteiger partial charge in [0.15, 0.2) is 0 Å². The van der Waals surface area contributed by atoms with Crippen molar-refractivity contribution in [3.63, 3.8) is 0 Å². The minimum Gasteiger partial charge on any atom is -0.329 e. The highest BCUT2D eigenvalue weighted by atomic mass is 16.1. The molecule has 15 heavy (non-hydrogen) atoms. The van der Waals surface area contributed by atoms with E-state index >= 15 is 0 Å². The number of aromatic nitrogens is 1. The molecule has 2 nitrogen and oxygen atoms in total. The second kappa shape index (κ2) is 4.60. The van der Waals surface area contributed by atoms with Gasteiger partial charge in [-0.15, -0.1) is 0 Å². The maximum absolute atomic E-state index is 11.1. The molecule has 0 saturated carbocycles. The smallest absolute Gasteiger partial charge is 0.248 e. The zero-order valence-corrected chi connectivity index (χ0v) is 8.44. The van der Waals surface area contributed by atoms with Crippen LogP contribution in [0, 0.1) is 0 Å². The number of allylic oxidation sites excluding steroid dienone is 6. The molecule has 0 bridgehead atoms. The van der Waals surface area contributed by atoms with E-state index in [-0.39, 0.29) is 5.56 Å². The molecule has 0 spiro atoms. The Labute approximate surface area is 88.7 Å². The summed E-state index contributed by atoms with van der Waals surface area (Å²) in [6.45, 7) is 0. The van der Waals surface area contributed by atoms with E-state index in [9.17, 15) is 4.79 Å². The zero-order chi connectivity index (χ0) is 10.5. The highest BCUT2D eigenvalue weighted by Crippen LogP contribution is 2.10. The molecule has 1 aromatic heterocycles. The first-order chi connectivity index (χ1) is 7.34. The predicted octanol–water partition coefficient (Wildman–Crippen LogP) is 2.36. The van der Waals surface area contributed by atoms with Crippen molar-refractivity contribution in [3.8, 4) is 0 Å². The molecule has 0 fully saturated rings. The summed E-state index contributed by atoms with van der Waals surface area (Å²) >= 11 is 0. The van der Waals surface area contributed by atoms with Crippen LogP contribution in [0.15, 0.2) is 59.1 Å². The quantitative estimate of drug-likeness (QED) is 0.779. The minimum atomic E-state index is -0.0405. The molecule has 0 aromatic carbocycles. The van der Waals surface area contributed by atoms with Gasteiger partial charge in [0.2, 0.25) is 5.56 Å². The van der Waals surface area contributed by atoms with E-state index in [0.29, 0.717) is 0 Å². The minimum absolute atomic E-state index is 0.0405. The fourth-order valence-corrected chi connectivity index (χ4v) is 1.58. The van der Waals surface area contributed by atoms with E-state index in [1.807, 2.05) is 6.07 Å². The Morgan fingerprint density at radius 3 is 3.13 bits per heavy atom. The molecule has 1 heterocycles. The molecular weight excluding hydrogens is 186 g/mol. The normalized spacial score (nSPS) is 14.8. The summed E-state index contributed by atoms with van der Waals surface area (Å²) in [7, 11) is 0. The maximum Gasteiger partial charge on any atom is 0.248 e. The van der Waals surface area contributed by atoms with Gasteiger partial charge in [-0.05, 0) is 30.0 Å². The molecule has 1 aliphatic rings. The molecule has 1 N–H and O–H groups in total. The van der Waals surface area contributed by atoms with E-state index in [2.05, 4.69) is 35.4 Å². The summed E-state index contributed by atoms with van der Waals surface area (Å²) in [5.41, 5.74) is 2.24. The van der Waals surface area contributed by atoms with Crippen LogP contribution in [0.2, 0.25) is 0 Å². The van der Waals surface area contributed by atoms with Gasteiger partial charge in [0.1, 0.15) is 0 Å². The fraction of sp³-hybridized carbons (Fsp3) is 0.154. The monoisotopic (exact) mass is 199 g/mol. The van der Waals surface area contributed by atoms with Gasteiger partial charge in [-0.1, -0.05) is 30.4 Å². The number of nitrogens with one attached hydrogen (secondary N) is 1. The van der Waals surface area contributed by atoms with Crippen molar-refractivity contribution in [1.29, 1.82) is 0 Å². The van der Waals surface area contributed by atoms with Crippen LogP contribution in [0.1, 0.15) is 12.0 Å². The van der Waals surface area contributed by atoms with Gasteiger partial charge in [-0.2, -0.15) is 0 Å². The number of rotatable bonds is 2. The van der Waals surface area contributed by atoms with Gasteiger partial charge >= 0.3 is 0 Å². The summed E-state index contributed by atoms with van der Waals surface area (Å²) in [5, 5.41) is 0. The van der Waals surface area contributed by atoms with Crippen molar-refractivity contribution < 1.29 is 0 Å². The van der Waals surface area contributed by atoms with Crippen molar-refractivity contribution in [2.75, 3.05) is 0 Å². The standard InChI is InChI=1S/C13H13NO/c15-13-10-12(7-8-14-13)9-11-5-3-1-2-4-6-11/h1,3-8,10H,2,9H2,(H,14,15). The lowest BCUT2D eigenvalue weighted by molar-refractivity contribution is 1.13. The van der Waals surface area contributed by atoms with Gasteiger partial charge in [0, 0.05) is 12.3 Å². The van der Waals surface area contributed by atoms with Crippen LogP contribution in [0.3, 0.4) is 0 Å². The van der Waals surface area contributed by atoms with Crippen molar-refractivity contribution in [2.24, 2.45) is 0 Å². The topological polar surface area (TPSA) is 32.9 Å². The average Bonchev–Trinajstić information content (AvgIpc) is 2.46. The largest absolute Gasteiger partial charge is 0.329 e. The van der Waals surface area contributed by atoms with Gasteiger partial charge in [-0.25, -0.2) is 0 Å². The Hall–Kier alpha value is -1.83. The number of pyridine rings is 1. The predicted molar refractivity (Wildman–Crippen MR) is 61.7 cm³/mol. The number of aromatic amines is 1. The Kier molecular flexibility index (Phi) is 2.98.